The molecule has 3 heterocycles. The fourth-order valence-electron chi connectivity index (χ4n) is 5.56. The smallest absolute Gasteiger partial charge is 0.322 e. The van der Waals surface area contributed by atoms with Crippen molar-refractivity contribution in [3.63, 3.8) is 0 Å². The zero-order chi connectivity index (χ0) is 25.5. The van der Waals surface area contributed by atoms with Crippen molar-refractivity contribution >= 4 is 28.7 Å². The fraction of sp³-hybridized carbons (Fsp3) is 0.300. The third-order valence-corrected chi connectivity index (χ3v) is 8.84. The fourth-order valence-corrected chi connectivity index (χ4v) is 6.97. The van der Waals surface area contributed by atoms with E-state index >= 15 is 0 Å². The summed E-state index contributed by atoms with van der Waals surface area (Å²) in [6.07, 6.45) is 6.84. The maximum absolute atomic E-state index is 14.0. The normalized spacial score (nSPS) is 16.3. The molecule has 7 heteroatoms. The first-order valence-corrected chi connectivity index (χ1v) is 13.6. The summed E-state index contributed by atoms with van der Waals surface area (Å²) in [7, 11) is 5.73. The van der Waals surface area contributed by atoms with Gasteiger partial charge in [-0.2, -0.15) is 0 Å². The maximum Gasteiger partial charge on any atom is 0.322 e. The first-order valence-electron chi connectivity index (χ1n) is 12.8. The van der Waals surface area contributed by atoms with E-state index in [9.17, 15) is 4.79 Å². The van der Waals surface area contributed by atoms with E-state index in [4.69, 9.17) is 4.74 Å². The van der Waals surface area contributed by atoms with Crippen LogP contribution in [0.3, 0.4) is 0 Å². The minimum Gasteiger partial charge on any atom is -0.497 e. The topological polar surface area (TPSA) is 49.7 Å². The van der Waals surface area contributed by atoms with Gasteiger partial charge in [0.15, 0.2) is 0 Å². The Morgan fingerprint density at radius 2 is 1.76 bits per heavy atom. The Bertz CT molecular complexity index is 1420. The van der Waals surface area contributed by atoms with E-state index in [1.807, 2.05) is 54.6 Å². The number of aryl methyl sites for hydroxylation is 1. The van der Waals surface area contributed by atoms with Crippen LogP contribution in [0.25, 0.3) is 5.00 Å². The molecule has 6 rings (SSSR count). The van der Waals surface area contributed by atoms with Gasteiger partial charge in [-0.1, -0.05) is 12.1 Å². The lowest BCUT2D eigenvalue weighted by Crippen LogP contribution is -2.38. The first kappa shape index (κ1) is 23.7. The molecule has 1 unspecified atom stereocenters. The molecule has 0 radical (unpaired) electrons. The summed E-state index contributed by atoms with van der Waals surface area (Å²) in [5.74, 6) is 0.763. The SMILES string of the molecule is COc1ccc(NC(=O)N2Cc3c(sc4c3CCCC4)-n3cccc3C2c2ccc(N(C)C)cc2)cc1. The van der Waals surface area contributed by atoms with Crippen LogP contribution in [0.4, 0.5) is 16.2 Å². The maximum atomic E-state index is 14.0. The number of rotatable bonds is 4. The standard InChI is InChI=1S/C30H32N4O2S/c1-32(2)22-14-10-20(11-15-22)28-26-8-6-18-33(26)29-25(24-7-4-5-9-27(24)37-29)19-34(28)30(35)31-21-12-16-23(36-3)17-13-21/h6,8,10-18,28H,4-5,7,9,19H2,1-3H3,(H,31,35). The molecule has 0 bridgehead atoms. The van der Waals surface area contributed by atoms with Gasteiger partial charge in [0.05, 0.1) is 25.4 Å². The zero-order valence-electron chi connectivity index (χ0n) is 21.5. The van der Waals surface area contributed by atoms with Gasteiger partial charge in [-0.3, -0.25) is 0 Å². The van der Waals surface area contributed by atoms with Gasteiger partial charge < -0.3 is 24.4 Å². The first-order chi connectivity index (χ1) is 18.0. The lowest BCUT2D eigenvalue weighted by atomic mass is 9.95. The molecule has 6 nitrogen and oxygen atoms in total. The minimum absolute atomic E-state index is 0.108. The number of urea groups is 1. The number of benzene rings is 2. The molecule has 1 aliphatic heterocycles. The van der Waals surface area contributed by atoms with Crippen molar-refractivity contribution in [3.8, 4) is 10.8 Å². The average molecular weight is 513 g/mol. The van der Waals surface area contributed by atoms with E-state index in [0.717, 1.165) is 41.2 Å². The van der Waals surface area contributed by atoms with Crippen LogP contribution in [0.15, 0.2) is 66.9 Å². The minimum atomic E-state index is -0.219. The van der Waals surface area contributed by atoms with E-state index in [1.165, 1.54) is 33.8 Å². The number of carbonyl (C=O) groups excluding carboxylic acids is 1. The van der Waals surface area contributed by atoms with Crippen LogP contribution in [-0.4, -0.2) is 36.7 Å². The molecule has 2 aromatic carbocycles. The van der Waals surface area contributed by atoms with Gasteiger partial charge in [-0.05, 0) is 85.3 Å². The molecule has 1 N–H and O–H groups in total. The second-order valence-electron chi connectivity index (χ2n) is 9.97. The number of fused-ring (bicyclic) bond motifs is 5. The van der Waals surface area contributed by atoms with E-state index in [2.05, 4.69) is 57.4 Å². The summed E-state index contributed by atoms with van der Waals surface area (Å²) in [4.78, 5) is 19.6. The Morgan fingerprint density at radius 3 is 2.49 bits per heavy atom. The Kier molecular flexibility index (Phi) is 6.16. The molecule has 0 saturated heterocycles. The number of nitrogens with one attached hydrogen (secondary N) is 1. The predicted octanol–water partition coefficient (Wildman–Crippen LogP) is 6.63. The largest absolute Gasteiger partial charge is 0.497 e. The van der Waals surface area contributed by atoms with Gasteiger partial charge in [-0.25, -0.2) is 4.79 Å². The van der Waals surface area contributed by atoms with Crippen LogP contribution >= 0.6 is 11.3 Å². The van der Waals surface area contributed by atoms with E-state index in [0.29, 0.717) is 6.54 Å². The number of anilines is 2. The predicted molar refractivity (Wildman–Crippen MR) is 150 cm³/mol. The molecule has 37 heavy (non-hydrogen) atoms. The van der Waals surface area contributed by atoms with Gasteiger partial charge in [0.2, 0.25) is 0 Å². The Morgan fingerprint density at radius 1 is 1.00 bits per heavy atom. The molecule has 4 aromatic rings. The van der Waals surface area contributed by atoms with Crippen molar-refractivity contribution in [2.24, 2.45) is 0 Å². The molecule has 2 aromatic heterocycles. The van der Waals surface area contributed by atoms with Gasteiger partial charge >= 0.3 is 6.03 Å². The molecule has 0 spiro atoms. The van der Waals surface area contributed by atoms with Crippen molar-refractivity contribution < 1.29 is 9.53 Å². The Labute approximate surface area is 222 Å². The number of methoxy groups -OCH3 is 1. The van der Waals surface area contributed by atoms with Crippen molar-refractivity contribution in [1.29, 1.82) is 0 Å². The highest BCUT2D eigenvalue weighted by molar-refractivity contribution is 7.15. The monoisotopic (exact) mass is 512 g/mol. The molecule has 0 fully saturated rings. The molecule has 0 saturated carbocycles. The quantitative estimate of drug-likeness (QED) is 0.334. The summed E-state index contributed by atoms with van der Waals surface area (Å²) in [6.45, 7) is 0.574. The third-order valence-electron chi connectivity index (χ3n) is 7.51. The highest BCUT2D eigenvalue weighted by atomic mass is 32.1. The van der Waals surface area contributed by atoms with Gasteiger partial charge in [0, 0.05) is 42.1 Å². The van der Waals surface area contributed by atoms with Gasteiger partial charge in [0.25, 0.3) is 0 Å². The summed E-state index contributed by atoms with van der Waals surface area (Å²) >= 11 is 1.91. The van der Waals surface area contributed by atoms with Crippen molar-refractivity contribution in [2.75, 3.05) is 31.4 Å². The summed E-state index contributed by atoms with van der Waals surface area (Å²) in [5.41, 5.74) is 6.85. The van der Waals surface area contributed by atoms with Gasteiger partial charge in [0.1, 0.15) is 10.8 Å². The summed E-state index contributed by atoms with van der Waals surface area (Å²) in [6, 6.07) is 20.0. The second-order valence-corrected chi connectivity index (χ2v) is 11.1. The van der Waals surface area contributed by atoms with Crippen molar-refractivity contribution in [1.82, 2.24) is 9.47 Å². The number of ether oxygens (including phenoxy) is 1. The van der Waals surface area contributed by atoms with E-state index in [-0.39, 0.29) is 12.1 Å². The number of nitrogens with zero attached hydrogens (tertiary/aromatic N) is 3. The lowest BCUT2D eigenvalue weighted by molar-refractivity contribution is 0.194. The highest BCUT2D eigenvalue weighted by Crippen LogP contribution is 2.44. The van der Waals surface area contributed by atoms with Gasteiger partial charge in [-0.15, -0.1) is 11.3 Å². The number of amides is 2. The highest BCUT2D eigenvalue weighted by Gasteiger charge is 2.36. The van der Waals surface area contributed by atoms with E-state index in [1.54, 1.807) is 7.11 Å². The van der Waals surface area contributed by atoms with Crippen molar-refractivity contribution in [3.05, 3.63) is 94.1 Å². The second kappa shape index (κ2) is 9.63. The number of carbonyl (C=O) groups is 1. The third kappa shape index (κ3) is 4.27. The molecule has 2 amide bonds. The molecular formula is C30H32N4O2S. The number of aromatic nitrogens is 1. The van der Waals surface area contributed by atoms with Crippen LogP contribution in [0.1, 0.15) is 46.1 Å². The average Bonchev–Trinajstić information content (AvgIpc) is 3.51. The molecule has 1 atom stereocenters. The number of hydrogen-bond donors (Lipinski definition) is 1. The summed E-state index contributed by atoms with van der Waals surface area (Å²) in [5, 5.41) is 4.43. The van der Waals surface area contributed by atoms with Crippen LogP contribution in [-0.2, 0) is 19.4 Å². The molecular weight excluding hydrogens is 480 g/mol. The zero-order valence-corrected chi connectivity index (χ0v) is 22.3. The van der Waals surface area contributed by atoms with Crippen LogP contribution in [0.2, 0.25) is 0 Å². The Hall–Kier alpha value is -3.71. The van der Waals surface area contributed by atoms with Crippen molar-refractivity contribution in [2.45, 2.75) is 38.3 Å². The van der Waals surface area contributed by atoms with E-state index < -0.39 is 0 Å². The van der Waals surface area contributed by atoms with Crippen LogP contribution < -0.4 is 15.0 Å². The number of thiophene rings is 1. The Balaban J connectivity index is 1.46. The van der Waals surface area contributed by atoms with Crippen LogP contribution in [0.5, 0.6) is 5.75 Å². The summed E-state index contributed by atoms with van der Waals surface area (Å²) < 4.78 is 7.62. The van der Waals surface area contributed by atoms with Crippen LogP contribution in [0, 0.1) is 0 Å². The molecule has 1 aliphatic carbocycles. The molecule has 190 valence electrons. The molecule has 2 aliphatic rings. The number of hydrogen-bond acceptors (Lipinski definition) is 4. The lowest BCUT2D eigenvalue weighted by Gasteiger charge is -2.31.